The van der Waals surface area contributed by atoms with Crippen LogP contribution in [0.1, 0.15) is 5.69 Å². The van der Waals surface area contributed by atoms with E-state index in [2.05, 4.69) is 4.98 Å². The van der Waals surface area contributed by atoms with Gasteiger partial charge in [-0.1, -0.05) is 23.2 Å². The lowest BCUT2D eigenvalue weighted by atomic mass is 10.1. The second kappa shape index (κ2) is 6.80. The lowest BCUT2D eigenvalue weighted by molar-refractivity contribution is 0.628. The number of aromatic nitrogens is 2. The molecule has 0 N–H and O–H groups in total. The lowest BCUT2D eigenvalue weighted by Gasteiger charge is -2.11. The fourth-order valence-corrected chi connectivity index (χ4v) is 3.61. The Morgan fingerprint density at radius 3 is 2.30 bits per heavy atom. The molecule has 134 valence electrons. The molecule has 2 heterocycles. The first kappa shape index (κ1) is 17.7. The number of benzene rings is 2. The zero-order valence-corrected chi connectivity index (χ0v) is 15.7. The molecule has 0 spiro atoms. The molecule has 0 bridgehead atoms. The molecule has 0 saturated carbocycles. The van der Waals surface area contributed by atoms with Crippen LogP contribution < -0.4 is 5.56 Å². The largest absolute Gasteiger partial charge is 0.284 e. The van der Waals surface area contributed by atoms with Gasteiger partial charge in [-0.2, -0.15) is 0 Å². The number of rotatable bonds is 2. The van der Waals surface area contributed by atoms with Gasteiger partial charge in [-0.05, 0) is 66.9 Å². The van der Waals surface area contributed by atoms with Crippen LogP contribution in [0.2, 0.25) is 10.0 Å². The zero-order valence-electron chi connectivity index (χ0n) is 14.2. The molecule has 27 heavy (non-hydrogen) atoms. The average Bonchev–Trinajstić information content (AvgIpc) is 2.61. The molecule has 3 nitrogen and oxygen atoms in total. The molecule has 0 unspecified atom stereocenters. The number of pyridine rings is 2. The summed E-state index contributed by atoms with van der Waals surface area (Å²) in [4.78, 5) is 17.6. The summed E-state index contributed by atoms with van der Waals surface area (Å²) in [6, 6.07) is 14.7. The summed E-state index contributed by atoms with van der Waals surface area (Å²) in [5, 5.41) is 2.17. The van der Waals surface area contributed by atoms with Crippen LogP contribution in [0.4, 0.5) is 4.39 Å². The third-order valence-corrected chi connectivity index (χ3v) is 4.77. The van der Waals surface area contributed by atoms with Crippen LogP contribution in [0.25, 0.3) is 27.7 Å². The summed E-state index contributed by atoms with van der Waals surface area (Å²) in [6.45, 7) is 1.78. The highest BCUT2D eigenvalue weighted by Gasteiger charge is 2.12. The summed E-state index contributed by atoms with van der Waals surface area (Å²) in [5.74, 6) is -0.306. The number of nitrogens with zero attached hydrogens (tertiary/aromatic N) is 2. The second-order valence-electron chi connectivity index (χ2n) is 6.18. The van der Waals surface area contributed by atoms with E-state index in [4.69, 9.17) is 23.2 Å². The van der Waals surface area contributed by atoms with Gasteiger partial charge in [0.15, 0.2) is 0 Å². The second-order valence-corrected chi connectivity index (χ2v) is 7.06. The van der Waals surface area contributed by atoms with Crippen molar-refractivity contribution < 1.29 is 4.39 Å². The van der Waals surface area contributed by atoms with Crippen molar-refractivity contribution >= 4 is 34.0 Å². The van der Waals surface area contributed by atoms with E-state index in [0.717, 1.165) is 10.9 Å². The Morgan fingerprint density at radius 1 is 0.963 bits per heavy atom. The van der Waals surface area contributed by atoms with Crippen LogP contribution in [0.5, 0.6) is 0 Å². The number of hydrogen-bond donors (Lipinski definition) is 0. The molecule has 4 rings (SSSR count). The van der Waals surface area contributed by atoms with Gasteiger partial charge in [-0.3, -0.25) is 14.3 Å². The van der Waals surface area contributed by atoms with Crippen molar-refractivity contribution in [3.8, 4) is 16.9 Å². The smallest absolute Gasteiger partial charge is 0.264 e. The van der Waals surface area contributed by atoms with E-state index in [9.17, 15) is 9.18 Å². The topological polar surface area (TPSA) is 34.9 Å². The summed E-state index contributed by atoms with van der Waals surface area (Å²) >= 11 is 12.1. The van der Waals surface area contributed by atoms with Crippen molar-refractivity contribution in [3.05, 3.63) is 92.7 Å². The summed E-state index contributed by atoms with van der Waals surface area (Å²) < 4.78 is 14.7. The standard InChI is InChI=1S/C21H13Cl2FN2O/c1-12-20-14(8-19(25-12)13-2-4-17(24)5-3-13)6-7-26(21(20)27)18-10-15(22)9-16(23)11-18/h2-11H,1H3. The molecule has 0 aliphatic rings. The first-order valence-electron chi connectivity index (χ1n) is 8.18. The highest BCUT2D eigenvalue weighted by molar-refractivity contribution is 6.34. The maximum absolute atomic E-state index is 13.2. The third kappa shape index (κ3) is 3.34. The van der Waals surface area contributed by atoms with E-state index in [1.54, 1.807) is 43.5 Å². The number of aryl methyl sites for hydroxylation is 1. The Kier molecular flexibility index (Phi) is 4.46. The maximum Gasteiger partial charge on any atom is 0.264 e. The van der Waals surface area contributed by atoms with Crippen LogP contribution in [-0.4, -0.2) is 9.55 Å². The third-order valence-electron chi connectivity index (χ3n) is 4.33. The van der Waals surface area contributed by atoms with Crippen molar-refractivity contribution in [1.82, 2.24) is 9.55 Å². The Labute approximate surface area is 164 Å². The highest BCUT2D eigenvalue weighted by Crippen LogP contribution is 2.25. The van der Waals surface area contributed by atoms with Gasteiger partial charge < -0.3 is 0 Å². The van der Waals surface area contributed by atoms with E-state index >= 15 is 0 Å². The SMILES string of the molecule is Cc1nc(-c2ccc(F)cc2)cc2ccn(-c3cc(Cl)cc(Cl)c3)c(=O)c12. The van der Waals surface area contributed by atoms with E-state index in [1.807, 2.05) is 12.1 Å². The molecule has 0 amide bonds. The Balaban J connectivity index is 1.91. The van der Waals surface area contributed by atoms with Gasteiger partial charge in [-0.15, -0.1) is 0 Å². The van der Waals surface area contributed by atoms with Gasteiger partial charge in [0.05, 0.1) is 22.5 Å². The summed E-state index contributed by atoms with van der Waals surface area (Å²) in [6.07, 6.45) is 1.68. The van der Waals surface area contributed by atoms with Crippen molar-refractivity contribution in [2.24, 2.45) is 0 Å². The van der Waals surface area contributed by atoms with E-state index in [0.29, 0.717) is 32.5 Å². The van der Waals surface area contributed by atoms with Gasteiger partial charge in [0.1, 0.15) is 5.82 Å². The van der Waals surface area contributed by atoms with E-state index in [1.165, 1.54) is 16.7 Å². The Hall–Kier alpha value is -2.69. The number of halogens is 3. The molecule has 0 aliphatic heterocycles. The fourth-order valence-electron chi connectivity index (χ4n) is 3.10. The van der Waals surface area contributed by atoms with Crippen LogP contribution >= 0.6 is 23.2 Å². The average molecular weight is 399 g/mol. The quantitative estimate of drug-likeness (QED) is 0.427. The first-order valence-corrected chi connectivity index (χ1v) is 8.93. The Bertz CT molecular complexity index is 1210. The molecule has 2 aromatic heterocycles. The first-order chi connectivity index (χ1) is 12.9. The molecule has 0 atom stereocenters. The van der Waals surface area contributed by atoms with Gasteiger partial charge in [0.2, 0.25) is 0 Å². The van der Waals surface area contributed by atoms with Crippen LogP contribution in [0.3, 0.4) is 0 Å². The normalized spacial score (nSPS) is 11.1. The van der Waals surface area contributed by atoms with Crippen LogP contribution in [0.15, 0.2) is 65.6 Å². The minimum absolute atomic E-state index is 0.207. The minimum atomic E-state index is -0.306. The zero-order chi connectivity index (χ0) is 19.1. The molecule has 0 saturated heterocycles. The van der Waals surface area contributed by atoms with Crippen LogP contribution in [-0.2, 0) is 0 Å². The maximum atomic E-state index is 13.2. The summed E-state index contributed by atoms with van der Waals surface area (Å²) in [7, 11) is 0. The number of fused-ring (bicyclic) bond motifs is 1. The van der Waals surface area contributed by atoms with Crippen LogP contribution in [0, 0.1) is 12.7 Å². The van der Waals surface area contributed by atoms with Gasteiger partial charge >= 0.3 is 0 Å². The van der Waals surface area contributed by atoms with E-state index in [-0.39, 0.29) is 11.4 Å². The molecule has 2 aromatic carbocycles. The Morgan fingerprint density at radius 2 is 1.63 bits per heavy atom. The predicted molar refractivity (Wildman–Crippen MR) is 107 cm³/mol. The minimum Gasteiger partial charge on any atom is -0.284 e. The van der Waals surface area contributed by atoms with E-state index < -0.39 is 0 Å². The molecule has 0 aliphatic carbocycles. The van der Waals surface area contributed by atoms with Crippen molar-refractivity contribution in [3.63, 3.8) is 0 Å². The predicted octanol–water partition coefficient (Wildman–Crippen LogP) is 5.81. The van der Waals surface area contributed by atoms with Crippen molar-refractivity contribution in [1.29, 1.82) is 0 Å². The van der Waals surface area contributed by atoms with Crippen molar-refractivity contribution in [2.75, 3.05) is 0 Å². The van der Waals surface area contributed by atoms with Gasteiger partial charge in [-0.25, -0.2) is 4.39 Å². The molecule has 0 fully saturated rings. The van der Waals surface area contributed by atoms with Crippen molar-refractivity contribution in [2.45, 2.75) is 6.92 Å². The molecular formula is C21H13Cl2FN2O. The van der Waals surface area contributed by atoms with Gasteiger partial charge in [0.25, 0.3) is 5.56 Å². The lowest BCUT2D eigenvalue weighted by Crippen LogP contribution is -2.19. The monoisotopic (exact) mass is 398 g/mol. The molecule has 4 aromatic rings. The number of hydrogen-bond acceptors (Lipinski definition) is 2. The van der Waals surface area contributed by atoms with Gasteiger partial charge in [0, 0.05) is 21.8 Å². The fraction of sp³-hybridized carbons (Fsp3) is 0.0476. The molecule has 0 radical (unpaired) electrons. The highest BCUT2D eigenvalue weighted by atomic mass is 35.5. The molecular weight excluding hydrogens is 386 g/mol. The molecule has 6 heteroatoms. The summed E-state index contributed by atoms with van der Waals surface area (Å²) in [5.41, 5.74) is 2.44.